The third kappa shape index (κ3) is 2.82. The van der Waals surface area contributed by atoms with Crippen molar-refractivity contribution in [2.75, 3.05) is 11.1 Å². The third-order valence-electron chi connectivity index (χ3n) is 2.35. The van der Waals surface area contributed by atoms with Gasteiger partial charge in [0.2, 0.25) is 0 Å². The first-order valence-corrected chi connectivity index (χ1v) is 5.99. The molecule has 0 saturated heterocycles. The zero-order valence-electron chi connectivity index (χ0n) is 9.52. The minimum Gasteiger partial charge on any atom is -0.477 e. The van der Waals surface area contributed by atoms with Gasteiger partial charge in [-0.3, -0.25) is 0 Å². The van der Waals surface area contributed by atoms with Gasteiger partial charge in [-0.25, -0.2) is 14.2 Å². The van der Waals surface area contributed by atoms with Crippen LogP contribution in [0.2, 0.25) is 0 Å². The van der Waals surface area contributed by atoms with E-state index in [2.05, 4.69) is 26.2 Å². The second-order valence-electron chi connectivity index (χ2n) is 3.66. The number of aromatic nitrogens is 1. The highest BCUT2D eigenvalue weighted by Crippen LogP contribution is 2.29. The summed E-state index contributed by atoms with van der Waals surface area (Å²) >= 11 is 3.19. The number of carbonyl (C=O) groups is 1. The number of pyridine rings is 1. The molecule has 1 aromatic carbocycles. The Morgan fingerprint density at radius 1 is 1.37 bits per heavy atom. The lowest BCUT2D eigenvalue weighted by Crippen LogP contribution is -2.06. The fraction of sp³-hybridized carbons (Fsp3) is 0. The van der Waals surface area contributed by atoms with Crippen molar-refractivity contribution in [3.8, 4) is 0 Å². The fourth-order valence-corrected chi connectivity index (χ4v) is 1.87. The van der Waals surface area contributed by atoms with E-state index < -0.39 is 11.8 Å². The molecule has 2 rings (SSSR count). The number of nitrogens with two attached hydrogens (primary N) is 1. The Hall–Kier alpha value is -2.15. The quantitative estimate of drug-likeness (QED) is 0.807. The Labute approximate surface area is 116 Å². The van der Waals surface area contributed by atoms with Crippen molar-refractivity contribution in [2.45, 2.75) is 0 Å². The van der Waals surface area contributed by atoms with Crippen molar-refractivity contribution in [1.82, 2.24) is 4.98 Å². The van der Waals surface area contributed by atoms with Gasteiger partial charge in [0, 0.05) is 4.47 Å². The average molecular weight is 326 g/mol. The van der Waals surface area contributed by atoms with Gasteiger partial charge in [0.25, 0.3) is 0 Å². The van der Waals surface area contributed by atoms with E-state index in [1.54, 1.807) is 6.07 Å². The summed E-state index contributed by atoms with van der Waals surface area (Å²) in [6.45, 7) is 0. The van der Waals surface area contributed by atoms with Crippen LogP contribution in [0, 0.1) is 5.82 Å². The molecule has 5 nitrogen and oxygen atoms in total. The number of benzene rings is 1. The molecule has 0 aliphatic carbocycles. The molecule has 98 valence electrons. The molecule has 4 N–H and O–H groups in total. The lowest BCUT2D eigenvalue weighted by atomic mass is 10.2. The number of nitrogens with one attached hydrogen (secondary N) is 1. The molecule has 1 aromatic heterocycles. The summed E-state index contributed by atoms with van der Waals surface area (Å²) in [7, 11) is 0. The second kappa shape index (κ2) is 5.23. The highest BCUT2D eigenvalue weighted by atomic mass is 79.9. The number of rotatable bonds is 3. The fourth-order valence-electron chi connectivity index (χ4n) is 1.42. The number of anilines is 3. The summed E-state index contributed by atoms with van der Waals surface area (Å²) in [5.41, 5.74) is 5.87. The SMILES string of the molecule is Nc1ccc(C(=O)O)nc1Nc1c(F)cccc1Br. The molecule has 0 atom stereocenters. The Bertz CT molecular complexity index is 629. The van der Waals surface area contributed by atoms with Crippen molar-refractivity contribution >= 4 is 39.1 Å². The lowest BCUT2D eigenvalue weighted by molar-refractivity contribution is 0.0690. The summed E-state index contributed by atoms with van der Waals surface area (Å²) in [6, 6.07) is 7.12. The van der Waals surface area contributed by atoms with Gasteiger partial charge >= 0.3 is 5.97 Å². The topological polar surface area (TPSA) is 88.2 Å². The van der Waals surface area contributed by atoms with Gasteiger partial charge in [0.15, 0.2) is 11.5 Å². The number of nitrogens with zero attached hydrogens (tertiary/aromatic N) is 1. The van der Waals surface area contributed by atoms with Gasteiger partial charge in [-0.15, -0.1) is 0 Å². The number of aromatic carboxylic acids is 1. The average Bonchev–Trinajstić information content (AvgIpc) is 2.35. The van der Waals surface area contributed by atoms with Crippen LogP contribution in [-0.2, 0) is 0 Å². The van der Waals surface area contributed by atoms with Crippen LogP contribution in [0.3, 0.4) is 0 Å². The molecule has 0 aliphatic rings. The van der Waals surface area contributed by atoms with Crippen LogP contribution in [0.1, 0.15) is 10.5 Å². The molecule has 19 heavy (non-hydrogen) atoms. The van der Waals surface area contributed by atoms with E-state index in [1.807, 2.05) is 0 Å². The molecule has 2 aromatic rings. The first-order valence-electron chi connectivity index (χ1n) is 5.20. The minimum atomic E-state index is -1.18. The molecule has 0 spiro atoms. The number of hydrogen-bond donors (Lipinski definition) is 3. The van der Waals surface area contributed by atoms with E-state index in [0.717, 1.165) is 0 Å². The standard InChI is InChI=1S/C12H9BrFN3O2/c13-6-2-1-3-7(14)10(6)17-11-8(15)4-5-9(16-11)12(18)19/h1-5H,15H2,(H,16,17)(H,18,19). The molecule has 0 saturated carbocycles. The highest BCUT2D eigenvalue weighted by Gasteiger charge is 2.12. The number of hydrogen-bond acceptors (Lipinski definition) is 4. The van der Waals surface area contributed by atoms with E-state index in [9.17, 15) is 9.18 Å². The maximum absolute atomic E-state index is 13.6. The van der Waals surface area contributed by atoms with Crippen LogP contribution < -0.4 is 11.1 Å². The van der Waals surface area contributed by atoms with Gasteiger partial charge in [-0.1, -0.05) is 6.07 Å². The van der Waals surface area contributed by atoms with Crippen LogP contribution in [0.5, 0.6) is 0 Å². The van der Waals surface area contributed by atoms with E-state index in [0.29, 0.717) is 4.47 Å². The molecular weight excluding hydrogens is 317 g/mol. The van der Waals surface area contributed by atoms with Gasteiger partial charge in [0.1, 0.15) is 5.82 Å². The third-order valence-corrected chi connectivity index (χ3v) is 3.01. The van der Waals surface area contributed by atoms with Crippen LogP contribution >= 0.6 is 15.9 Å². The van der Waals surface area contributed by atoms with Crippen molar-refractivity contribution < 1.29 is 14.3 Å². The van der Waals surface area contributed by atoms with E-state index >= 15 is 0 Å². The highest BCUT2D eigenvalue weighted by molar-refractivity contribution is 9.10. The van der Waals surface area contributed by atoms with Crippen LogP contribution in [-0.4, -0.2) is 16.1 Å². The lowest BCUT2D eigenvalue weighted by Gasteiger charge is -2.11. The monoisotopic (exact) mass is 325 g/mol. The van der Waals surface area contributed by atoms with E-state index in [1.165, 1.54) is 24.3 Å². The Morgan fingerprint density at radius 3 is 2.74 bits per heavy atom. The number of nitrogen functional groups attached to an aromatic ring is 1. The number of halogens is 2. The molecule has 0 aliphatic heterocycles. The van der Waals surface area contributed by atoms with Gasteiger partial charge in [-0.2, -0.15) is 0 Å². The first-order chi connectivity index (χ1) is 8.99. The van der Waals surface area contributed by atoms with E-state index in [-0.39, 0.29) is 22.9 Å². The molecule has 0 fully saturated rings. The molecule has 1 heterocycles. The van der Waals surface area contributed by atoms with Crippen LogP contribution in [0.15, 0.2) is 34.8 Å². The van der Waals surface area contributed by atoms with Crippen molar-refractivity contribution in [3.05, 3.63) is 46.3 Å². The van der Waals surface area contributed by atoms with E-state index in [4.69, 9.17) is 10.8 Å². The summed E-state index contributed by atoms with van der Waals surface area (Å²) in [5.74, 6) is -1.60. The Morgan fingerprint density at radius 2 is 2.11 bits per heavy atom. The molecule has 0 radical (unpaired) electrons. The summed E-state index contributed by atoms with van der Waals surface area (Å²) in [4.78, 5) is 14.7. The molecule has 0 unspecified atom stereocenters. The molecule has 7 heteroatoms. The maximum atomic E-state index is 13.6. The molecule has 0 amide bonds. The molecule has 0 bridgehead atoms. The van der Waals surface area contributed by atoms with Crippen LogP contribution in [0.4, 0.5) is 21.6 Å². The molecular formula is C12H9BrFN3O2. The smallest absolute Gasteiger partial charge is 0.354 e. The first kappa shape index (κ1) is 13.3. The zero-order chi connectivity index (χ0) is 14.0. The predicted molar refractivity (Wildman–Crippen MR) is 73.0 cm³/mol. The minimum absolute atomic E-state index is 0.0886. The number of para-hydroxylation sites is 1. The van der Waals surface area contributed by atoms with Crippen LogP contribution in [0.25, 0.3) is 0 Å². The maximum Gasteiger partial charge on any atom is 0.354 e. The van der Waals surface area contributed by atoms with Gasteiger partial charge < -0.3 is 16.2 Å². The zero-order valence-corrected chi connectivity index (χ0v) is 11.1. The van der Waals surface area contributed by atoms with Crippen molar-refractivity contribution in [1.29, 1.82) is 0 Å². The summed E-state index contributed by atoms with van der Waals surface area (Å²) in [6.07, 6.45) is 0. The van der Waals surface area contributed by atoms with Gasteiger partial charge in [0.05, 0.1) is 11.4 Å². The second-order valence-corrected chi connectivity index (χ2v) is 4.52. The predicted octanol–water partition coefficient (Wildman–Crippen LogP) is 3.01. The van der Waals surface area contributed by atoms with Crippen molar-refractivity contribution in [2.24, 2.45) is 0 Å². The Kier molecular flexibility index (Phi) is 3.66. The number of carboxylic acids is 1. The van der Waals surface area contributed by atoms with Crippen molar-refractivity contribution in [3.63, 3.8) is 0 Å². The summed E-state index contributed by atoms with van der Waals surface area (Å²) in [5, 5.41) is 11.5. The largest absolute Gasteiger partial charge is 0.477 e. The number of carboxylic acid groups (broad SMARTS) is 1. The normalized spacial score (nSPS) is 10.2. The summed E-state index contributed by atoms with van der Waals surface area (Å²) < 4.78 is 14.1. The Balaban J connectivity index is 2.43. The van der Waals surface area contributed by atoms with Gasteiger partial charge in [-0.05, 0) is 40.2 Å².